The van der Waals surface area contributed by atoms with Crippen molar-refractivity contribution in [2.24, 2.45) is 5.92 Å². The van der Waals surface area contributed by atoms with Crippen molar-refractivity contribution in [1.82, 2.24) is 5.32 Å². The molecule has 0 bridgehead atoms. The molecule has 0 saturated heterocycles. The van der Waals surface area contributed by atoms with E-state index in [1.54, 1.807) is 0 Å². The number of rotatable bonds is 3. The highest BCUT2D eigenvalue weighted by Gasteiger charge is 2.24. The van der Waals surface area contributed by atoms with Crippen LogP contribution in [0.5, 0.6) is 0 Å². The monoisotopic (exact) mass is 320 g/mol. The summed E-state index contributed by atoms with van der Waals surface area (Å²) >= 11 is 3.46. The predicted octanol–water partition coefficient (Wildman–Crippen LogP) is 4.57. The van der Waals surface area contributed by atoms with Gasteiger partial charge in [-0.1, -0.05) is 47.3 Å². The van der Waals surface area contributed by atoms with E-state index in [2.05, 4.69) is 58.5 Å². The van der Waals surface area contributed by atoms with E-state index in [4.69, 9.17) is 0 Å². The van der Waals surface area contributed by atoms with Gasteiger partial charge in [0.1, 0.15) is 0 Å². The van der Waals surface area contributed by atoms with Crippen molar-refractivity contribution in [1.29, 1.82) is 5.26 Å². The van der Waals surface area contributed by atoms with Crippen LogP contribution in [0.25, 0.3) is 0 Å². The van der Waals surface area contributed by atoms with Crippen LogP contribution in [0.4, 0.5) is 0 Å². The largest absolute Gasteiger partial charge is 0.306 e. The Bertz CT molecular complexity index is 435. The minimum Gasteiger partial charge on any atom is -0.306 e. The summed E-state index contributed by atoms with van der Waals surface area (Å²) in [6, 6.07) is 11.5. The molecule has 1 saturated carbocycles. The lowest BCUT2D eigenvalue weighted by Gasteiger charge is -2.25. The lowest BCUT2D eigenvalue weighted by molar-refractivity contribution is 0.361. The van der Waals surface area contributed by atoms with Gasteiger partial charge in [-0.15, -0.1) is 0 Å². The summed E-state index contributed by atoms with van der Waals surface area (Å²) in [5.41, 5.74) is 1.28. The third-order valence-corrected chi connectivity index (χ3v) is 4.54. The maximum atomic E-state index is 9.31. The topological polar surface area (TPSA) is 35.8 Å². The zero-order chi connectivity index (χ0) is 13.7. The Kier molecular flexibility index (Phi) is 5.42. The van der Waals surface area contributed by atoms with Crippen molar-refractivity contribution < 1.29 is 0 Å². The van der Waals surface area contributed by atoms with Gasteiger partial charge in [-0.05, 0) is 37.5 Å². The Balaban J connectivity index is 2.02. The lowest BCUT2D eigenvalue weighted by Crippen LogP contribution is -2.36. The maximum Gasteiger partial charge on any atom is 0.0672 e. The summed E-state index contributed by atoms with van der Waals surface area (Å²) in [6.45, 7) is 2.18. The molecule has 19 heavy (non-hydrogen) atoms. The van der Waals surface area contributed by atoms with Gasteiger partial charge in [0.05, 0.1) is 12.0 Å². The van der Waals surface area contributed by atoms with Crippen LogP contribution in [0.2, 0.25) is 0 Å². The average Bonchev–Trinajstić information content (AvgIpc) is 2.64. The van der Waals surface area contributed by atoms with E-state index in [1.165, 1.54) is 24.8 Å². The molecule has 1 aromatic rings. The third kappa shape index (κ3) is 4.06. The summed E-state index contributed by atoms with van der Waals surface area (Å²) in [7, 11) is 0. The SMILES string of the molecule is C[C@@H](NC1CCCCCC1C#N)c1ccc(Br)cc1. The molecule has 2 nitrogen and oxygen atoms in total. The van der Waals surface area contributed by atoms with Gasteiger partial charge in [0.2, 0.25) is 0 Å². The summed E-state index contributed by atoms with van der Waals surface area (Å²) in [4.78, 5) is 0. The molecule has 3 atom stereocenters. The molecule has 0 heterocycles. The van der Waals surface area contributed by atoms with Crippen LogP contribution in [0, 0.1) is 17.2 Å². The second-order valence-electron chi connectivity index (χ2n) is 5.42. The number of hydrogen-bond donors (Lipinski definition) is 1. The Morgan fingerprint density at radius 1 is 1.21 bits per heavy atom. The predicted molar refractivity (Wildman–Crippen MR) is 81.7 cm³/mol. The molecule has 3 heteroatoms. The Morgan fingerprint density at radius 2 is 1.89 bits per heavy atom. The Hall–Kier alpha value is -0.850. The zero-order valence-electron chi connectivity index (χ0n) is 11.4. The van der Waals surface area contributed by atoms with Crippen LogP contribution in [0.15, 0.2) is 28.7 Å². The number of hydrogen-bond acceptors (Lipinski definition) is 2. The number of halogens is 1. The normalized spacial score (nSPS) is 25.3. The van der Waals surface area contributed by atoms with Crippen LogP contribution in [0.1, 0.15) is 50.6 Å². The molecule has 1 aliphatic carbocycles. The minimum absolute atomic E-state index is 0.167. The Labute approximate surface area is 124 Å². The molecule has 2 rings (SSSR count). The fraction of sp³-hybridized carbons (Fsp3) is 0.562. The number of nitriles is 1. The highest BCUT2D eigenvalue weighted by Crippen LogP contribution is 2.26. The van der Waals surface area contributed by atoms with Crippen molar-refractivity contribution in [2.75, 3.05) is 0 Å². The molecule has 1 N–H and O–H groups in total. The van der Waals surface area contributed by atoms with E-state index >= 15 is 0 Å². The average molecular weight is 321 g/mol. The zero-order valence-corrected chi connectivity index (χ0v) is 13.0. The number of nitrogens with one attached hydrogen (secondary N) is 1. The van der Waals surface area contributed by atoms with Gasteiger partial charge in [-0.3, -0.25) is 0 Å². The molecular formula is C16H21BrN2. The van der Waals surface area contributed by atoms with E-state index in [0.717, 1.165) is 17.3 Å². The van der Waals surface area contributed by atoms with Crippen LogP contribution in [-0.4, -0.2) is 6.04 Å². The molecule has 102 valence electrons. The quantitative estimate of drug-likeness (QED) is 0.828. The molecule has 1 aromatic carbocycles. The van der Waals surface area contributed by atoms with Crippen LogP contribution in [-0.2, 0) is 0 Å². The van der Waals surface area contributed by atoms with E-state index in [-0.39, 0.29) is 5.92 Å². The first kappa shape index (κ1) is 14.6. The molecule has 0 aromatic heterocycles. The fourth-order valence-corrected chi connectivity index (χ4v) is 3.09. The van der Waals surface area contributed by atoms with Crippen molar-refractivity contribution in [3.63, 3.8) is 0 Å². The first-order valence-electron chi connectivity index (χ1n) is 7.12. The molecule has 1 aliphatic rings. The summed E-state index contributed by atoms with van der Waals surface area (Å²) in [5.74, 6) is 0.167. The van der Waals surface area contributed by atoms with Crippen molar-refractivity contribution in [2.45, 2.75) is 51.1 Å². The van der Waals surface area contributed by atoms with Crippen LogP contribution < -0.4 is 5.32 Å². The van der Waals surface area contributed by atoms with E-state index in [9.17, 15) is 5.26 Å². The van der Waals surface area contributed by atoms with Gasteiger partial charge >= 0.3 is 0 Å². The second kappa shape index (κ2) is 7.07. The summed E-state index contributed by atoms with van der Waals surface area (Å²) in [6.07, 6.45) is 5.87. The summed E-state index contributed by atoms with van der Waals surface area (Å²) in [5, 5.41) is 13.0. The smallest absolute Gasteiger partial charge is 0.0672 e. The van der Waals surface area contributed by atoms with Crippen molar-refractivity contribution in [3.8, 4) is 6.07 Å². The maximum absolute atomic E-state index is 9.31. The molecule has 1 fully saturated rings. The lowest BCUT2D eigenvalue weighted by atomic mass is 9.95. The van der Waals surface area contributed by atoms with Gasteiger partial charge in [0.25, 0.3) is 0 Å². The van der Waals surface area contributed by atoms with Gasteiger partial charge in [0, 0.05) is 16.6 Å². The Morgan fingerprint density at radius 3 is 2.58 bits per heavy atom. The molecule has 0 spiro atoms. The van der Waals surface area contributed by atoms with Crippen molar-refractivity contribution >= 4 is 15.9 Å². The van der Waals surface area contributed by atoms with E-state index < -0.39 is 0 Å². The van der Waals surface area contributed by atoms with Crippen LogP contribution in [0.3, 0.4) is 0 Å². The molecular weight excluding hydrogens is 300 g/mol. The first-order valence-corrected chi connectivity index (χ1v) is 7.91. The molecule has 0 amide bonds. The van der Waals surface area contributed by atoms with Gasteiger partial charge in [-0.25, -0.2) is 0 Å². The second-order valence-corrected chi connectivity index (χ2v) is 6.34. The standard InChI is InChI=1S/C16H21BrN2/c1-12(13-7-9-15(17)10-8-13)19-16-6-4-2-3-5-14(16)11-18/h7-10,12,14,16,19H,2-6H2,1H3/t12-,14?,16?/m1/s1. The number of nitrogens with zero attached hydrogens (tertiary/aromatic N) is 1. The van der Waals surface area contributed by atoms with E-state index in [1.807, 2.05) is 0 Å². The van der Waals surface area contributed by atoms with Crippen molar-refractivity contribution in [3.05, 3.63) is 34.3 Å². The van der Waals surface area contributed by atoms with Gasteiger partial charge < -0.3 is 5.32 Å². The van der Waals surface area contributed by atoms with E-state index in [0.29, 0.717) is 12.1 Å². The molecule has 2 unspecified atom stereocenters. The minimum atomic E-state index is 0.167. The highest BCUT2D eigenvalue weighted by molar-refractivity contribution is 9.10. The van der Waals surface area contributed by atoms with Gasteiger partial charge in [-0.2, -0.15) is 5.26 Å². The summed E-state index contributed by atoms with van der Waals surface area (Å²) < 4.78 is 1.10. The fourth-order valence-electron chi connectivity index (χ4n) is 2.83. The highest BCUT2D eigenvalue weighted by atomic mass is 79.9. The molecule has 0 radical (unpaired) electrons. The van der Waals surface area contributed by atoms with Crippen LogP contribution >= 0.6 is 15.9 Å². The van der Waals surface area contributed by atoms with Gasteiger partial charge in [0.15, 0.2) is 0 Å². The molecule has 0 aliphatic heterocycles. The number of benzene rings is 1. The third-order valence-electron chi connectivity index (χ3n) is 4.02. The first-order chi connectivity index (χ1) is 9.20.